The highest BCUT2D eigenvalue weighted by atomic mass is 16.5. The van der Waals surface area contributed by atoms with Gasteiger partial charge in [-0.3, -0.25) is 9.59 Å². The lowest BCUT2D eigenvalue weighted by molar-refractivity contribution is -0.157. The van der Waals surface area contributed by atoms with Gasteiger partial charge in [0.1, 0.15) is 0 Å². The number of aliphatic carboxylic acids is 1. The molecular weight excluding hydrogens is 208 g/mol. The minimum Gasteiger partial charge on any atom is -0.481 e. The SMILES string of the molecule is C#CCOC(=O)[C@@H]1[C@H](C(=O)O)[C@@H]2C=C[C@H]1C2. The fraction of sp³-hybridized carbons (Fsp3) is 0.500. The lowest BCUT2D eigenvalue weighted by Gasteiger charge is -2.22. The molecule has 0 aromatic rings. The van der Waals surface area contributed by atoms with Crippen molar-refractivity contribution in [3.8, 4) is 12.3 Å². The number of ether oxygens (including phenoxy) is 1. The molecule has 2 rings (SSSR count). The van der Waals surface area contributed by atoms with Crippen LogP contribution in [0.25, 0.3) is 0 Å². The Balaban J connectivity index is 2.14. The van der Waals surface area contributed by atoms with Crippen LogP contribution in [0.5, 0.6) is 0 Å². The fourth-order valence-corrected chi connectivity index (χ4v) is 2.69. The summed E-state index contributed by atoms with van der Waals surface area (Å²) in [7, 11) is 0. The predicted molar refractivity (Wildman–Crippen MR) is 55.1 cm³/mol. The monoisotopic (exact) mass is 220 g/mol. The van der Waals surface area contributed by atoms with Crippen molar-refractivity contribution in [2.24, 2.45) is 23.7 Å². The molecular formula is C12H12O4. The normalized spacial score (nSPS) is 34.7. The summed E-state index contributed by atoms with van der Waals surface area (Å²) in [6.45, 7) is -0.0945. The van der Waals surface area contributed by atoms with Crippen molar-refractivity contribution in [2.45, 2.75) is 6.42 Å². The van der Waals surface area contributed by atoms with Gasteiger partial charge in [-0.25, -0.2) is 0 Å². The molecule has 2 aliphatic carbocycles. The number of carboxylic acids is 1. The van der Waals surface area contributed by atoms with Crippen LogP contribution in [0.4, 0.5) is 0 Å². The maximum Gasteiger partial charge on any atom is 0.311 e. The van der Waals surface area contributed by atoms with Gasteiger partial charge < -0.3 is 9.84 Å². The van der Waals surface area contributed by atoms with E-state index in [1.54, 1.807) is 0 Å². The highest BCUT2D eigenvalue weighted by Crippen LogP contribution is 2.48. The first kappa shape index (κ1) is 10.7. The molecule has 0 unspecified atom stereocenters. The Kier molecular flexibility index (Phi) is 2.69. The Morgan fingerprint density at radius 2 is 2.00 bits per heavy atom. The van der Waals surface area contributed by atoms with Gasteiger partial charge in [-0.2, -0.15) is 0 Å². The summed E-state index contributed by atoms with van der Waals surface area (Å²) in [5.41, 5.74) is 0. The van der Waals surface area contributed by atoms with E-state index < -0.39 is 23.8 Å². The Labute approximate surface area is 93.3 Å². The van der Waals surface area contributed by atoms with E-state index in [9.17, 15) is 9.59 Å². The molecule has 2 bridgehead atoms. The van der Waals surface area contributed by atoms with Crippen molar-refractivity contribution in [3.63, 3.8) is 0 Å². The zero-order valence-electron chi connectivity index (χ0n) is 8.63. The number of carboxylic acid groups (broad SMARTS) is 1. The molecule has 0 saturated heterocycles. The number of carbonyl (C=O) groups excluding carboxylic acids is 1. The van der Waals surface area contributed by atoms with Crippen molar-refractivity contribution >= 4 is 11.9 Å². The summed E-state index contributed by atoms with van der Waals surface area (Å²) in [6, 6.07) is 0. The molecule has 0 aromatic heterocycles. The van der Waals surface area contributed by atoms with E-state index in [2.05, 4.69) is 5.92 Å². The second-order valence-corrected chi connectivity index (χ2v) is 4.15. The van der Waals surface area contributed by atoms with Crippen LogP contribution in [0.1, 0.15) is 6.42 Å². The van der Waals surface area contributed by atoms with Crippen LogP contribution in [0.2, 0.25) is 0 Å². The lowest BCUT2D eigenvalue weighted by atomic mass is 9.83. The Hall–Kier alpha value is -1.76. The molecule has 16 heavy (non-hydrogen) atoms. The molecule has 4 nitrogen and oxygen atoms in total. The van der Waals surface area contributed by atoms with E-state index in [0.717, 1.165) is 6.42 Å². The molecule has 0 aromatic carbocycles. The topological polar surface area (TPSA) is 63.6 Å². The van der Waals surface area contributed by atoms with Gasteiger partial charge in [0.25, 0.3) is 0 Å². The van der Waals surface area contributed by atoms with Crippen molar-refractivity contribution in [1.29, 1.82) is 0 Å². The van der Waals surface area contributed by atoms with E-state index in [1.165, 1.54) is 0 Å². The van der Waals surface area contributed by atoms with Crippen molar-refractivity contribution < 1.29 is 19.4 Å². The van der Waals surface area contributed by atoms with Gasteiger partial charge in [0.15, 0.2) is 6.61 Å². The van der Waals surface area contributed by atoms with Crippen LogP contribution >= 0.6 is 0 Å². The highest BCUT2D eigenvalue weighted by Gasteiger charge is 2.52. The van der Waals surface area contributed by atoms with Crippen LogP contribution in [0.3, 0.4) is 0 Å². The second-order valence-electron chi connectivity index (χ2n) is 4.15. The Morgan fingerprint density at radius 3 is 2.56 bits per heavy atom. The zero-order valence-corrected chi connectivity index (χ0v) is 8.63. The predicted octanol–water partition coefficient (Wildman–Crippen LogP) is 0.686. The smallest absolute Gasteiger partial charge is 0.311 e. The summed E-state index contributed by atoms with van der Waals surface area (Å²) >= 11 is 0. The number of fused-ring (bicyclic) bond motifs is 2. The number of hydrogen-bond acceptors (Lipinski definition) is 3. The summed E-state index contributed by atoms with van der Waals surface area (Å²) < 4.78 is 4.84. The second kappa shape index (κ2) is 4.01. The number of hydrogen-bond donors (Lipinski definition) is 1. The summed E-state index contributed by atoms with van der Waals surface area (Å²) in [5, 5.41) is 9.10. The molecule has 4 atom stereocenters. The first-order chi connectivity index (χ1) is 7.65. The lowest BCUT2D eigenvalue weighted by Crippen LogP contribution is -2.34. The molecule has 0 heterocycles. The first-order valence-corrected chi connectivity index (χ1v) is 5.16. The van der Waals surface area contributed by atoms with Crippen molar-refractivity contribution in [3.05, 3.63) is 12.2 Å². The van der Waals surface area contributed by atoms with Crippen molar-refractivity contribution in [1.82, 2.24) is 0 Å². The Morgan fingerprint density at radius 1 is 1.38 bits per heavy atom. The molecule has 84 valence electrons. The van der Waals surface area contributed by atoms with Crippen molar-refractivity contribution in [2.75, 3.05) is 6.61 Å². The molecule has 0 spiro atoms. The van der Waals surface area contributed by atoms with Gasteiger partial charge in [-0.05, 0) is 18.3 Å². The molecule has 2 aliphatic rings. The zero-order chi connectivity index (χ0) is 11.7. The van der Waals surface area contributed by atoms with E-state index in [4.69, 9.17) is 16.3 Å². The van der Waals surface area contributed by atoms with E-state index in [-0.39, 0.29) is 18.4 Å². The number of rotatable bonds is 3. The number of carbonyl (C=O) groups is 2. The maximum atomic E-state index is 11.7. The van der Waals surface area contributed by atoms with E-state index in [0.29, 0.717) is 0 Å². The van der Waals surface area contributed by atoms with Crippen LogP contribution < -0.4 is 0 Å². The molecule has 0 radical (unpaired) electrons. The number of terminal acetylenes is 1. The van der Waals surface area contributed by atoms with Gasteiger partial charge >= 0.3 is 11.9 Å². The summed E-state index contributed by atoms with van der Waals surface area (Å²) in [6.07, 6.45) is 9.51. The first-order valence-electron chi connectivity index (χ1n) is 5.16. The molecule has 4 heteroatoms. The number of allylic oxidation sites excluding steroid dienone is 2. The third-order valence-electron chi connectivity index (χ3n) is 3.31. The maximum absolute atomic E-state index is 11.7. The molecule has 0 amide bonds. The van der Waals surface area contributed by atoms with E-state index >= 15 is 0 Å². The highest BCUT2D eigenvalue weighted by molar-refractivity contribution is 5.83. The molecule has 0 aliphatic heterocycles. The molecule has 1 N–H and O–H groups in total. The average molecular weight is 220 g/mol. The molecule has 1 saturated carbocycles. The third kappa shape index (κ3) is 1.58. The minimum atomic E-state index is -0.931. The average Bonchev–Trinajstić information content (AvgIpc) is 2.84. The van der Waals surface area contributed by atoms with Gasteiger partial charge in [-0.1, -0.05) is 18.1 Å². The van der Waals surface area contributed by atoms with Crippen LogP contribution in [0.15, 0.2) is 12.2 Å². The molecule has 1 fully saturated rings. The van der Waals surface area contributed by atoms with Gasteiger partial charge in [-0.15, -0.1) is 6.42 Å². The van der Waals surface area contributed by atoms with E-state index in [1.807, 2.05) is 12.2 Å². The largest absolute Gasteiger partial charge is 0.481 e. The fourth-order valence-electron chi connectivity index (χ4n) is 2.69. The van der Waals surface area contributed by atoms with Crippen LogP contribution in [0, 0.1) is 36.0 Å². The number of esters is 1. The minimum absolute atomic E-state index is 0.00336. The van der Waals surface area contributed by atoms with Gasteiger partial charge in [0, 0.05) is 0 Å². The van der Waals surface area contributed by atoms with Crippen LogP contribution in [-0.2, 0) is 14.3 Å². The van der Waals surface area contributed by atoms with Crippen LogP contribution in [-0.4, -0.2) is 23.7 Å². The Bertz CT molecular complexity index is 390. The summed E-state index contributed by atoms with van der Waals surface area (Å²) in [4.78, 5) is 22.8. The quantitative estimate of drug-likeness (QED) is 0.431. The third-order valence-corrected chi connectivity index (χ3v) is 3.31. The van der Waals surface area contributed by atoms with Gasteiger partial charge in [0.05, 0.1) is 11.8 Å². The standard InChI is InChI=1S/C12H12O4/c1-2-5-16-12(15)10-8-4-3-7(6-8)9(10)11(13)14/h1,3-4,7-10H,5-6H2,(H,13,14)/t7-,8+,9-,10+/m1/s1. The summed E-state index contributed by atoms with van der Waals surface area (Å²) in [5.74, 6) is -0.474. The van der Waals surface area contributed by atoms with Gasteiger partial charge in [0.2, 0.25) is 0 Å².